The number of urea groups is 1. The van der Waals surface area contributed by atoms with Crippen LogP contribution in [0.1, 0.15) is 22.3 Å². The van der Waals surface area contributed by atoms with Crippen LogP contribution < -0.4 is 16.4 Å². The topological polar surface area (TPSA) is 209 Å². The summed E-state index contributed by atoms with van der Waals surface area (Å²) in [5, 5.41) is 27.3. The molecule has 2 unspecified atom stereocenters. The Kier molecular flexibility index (Phi) is 6.92. The molecule has 14 heteroatoms. The number of nitrogens with two attached hydrogens (primary N) is 1. The Hall–Kier alpha value is -4.20. The third kappa shape index (κ3) is 4.28. The van der Waals surface area contributed by atoms with E-state index >= 15 is 0 Å². The second-order valence-electron chi connectivity index (χ2n) is 10.7. The van der Waals surface area contributed by atoms with Gasteiger partial charge in [-0.2, -0.15) is 0 Å². The van der Waals surface area contributed by atoms with Crippen molar-refractivity contribution in [3.8, 4) is 5.75 Å². The summed E-state index contributed by atoms with van der Waals surface area (Å²) in [5.41, 5.74) is 2.64. The molecule has 214 valence electrons. The number of carbonyl (C=O) groups is 6. The number of hydrogen-bond acceptors (Lipinski definition) is 10. The lowest BCUT2D eigenvalue weighted by Gasteiger charge is -2.52. The molecule has 0 spiro atoms. The molecule has 3 amide bonds. The molecule has 0 aliphatic heterocycles. The highest BCUT2D eigenvalue weighted by Gasteiger charge is 2.69. The average molecular weight is 584 g/mol. The SMILES string of the molecule is CN(C)[C@@H]1C(=O)C(C(N)=O)C(=O)[C@@]2(O)C(=O)C3C(=O)c4c(O)c(NC(=O)Nc5ccccc5)nc(Cl)c4C[C@H]3C[C@@H]12. The Bertz CT molecular complexity index is 1530. The average Bonchev–Trinajstić information content (AvgIpc) is 2.89. The lowest BCUT2D eigenvalue weighted by atomic mass is 9.52. The third-order valence-corrected chi connectivity index (χ3v) is 8.45. The fourth-order valence-corrected chi connectivity index (χ4v) is 6.65. The molecular formula is C27H26ClN5O8. The van der Waals surface area contributed by atoms with Crippen molar-refractivity contribution < 1.29 is 39.0 Å². The van der Waals surface area contributed by atoms with Gasteiger partial charge < -0.3 is 21.3 Å². The Morgan fingerprint density at radius 1 is 1.10 bits per heavy atom. The predicted octanol–water partition coefficient (Wildman–Crippen LogP) is 0.559. The highest BCUT2D eigenvalue weighted by Crippen LogP contribution is 2.51. The minimum absolute atomic E-state index is 0.0538. The summed E-state index contributed by atoms with van der Waals surface area (Å²) < 4.78 is 0. The first-order valence-electron chi connectivity index (χ1n) is 12.7. The van der Waals surface area contributed by atoms with Crippen LogP contribution in [-0.4, -0.2) is 80.9 Å². The normalized spacial score (nSPS) is 29.0. The Labute approximate surface area is 238 Å². The van der Waals surface area contributed by atoms with Gasteiger partial charge in [-0.1, -0.05) is 29.8 Å². The van der Waals surface area contributed by atoms with E-state index in [-0.39, 0.29) is 29.1 Å². The molecule has 1 aromatic carbocycles. The number of benzene rings is 1. The number of para-hydroxylation sites is 1. The number of Topliss-reactive ketones (excluding diaryl/α,β-unsaturated/α-hetero) is 4. The van der Waals surface area contributed by atoms with Gasteiger partial charge in [-0.3, -0.25) is 34.2 Å². The number of pyridine rings is 1. The lowest BCUT2D eigenvalue weighted by Crippen LogP contribution is -2.74. The molecule has 6 atom stereocenters. The number of nitrogens with one attached hydrogen (secondary N) is 2. The standard InChI is InChI=1S/C27H26ClN5O8/c1-33(2)17-13-9-10-8-12-15(18(34)14(10)21(37)27(13,41)22(38)16(19(17)35)24(29)39)20(36)25(31-23(12)28)32-26(40)30-11-6-4-3-5-7-11/h3-7,10,13-14,16-17,36,41H,8-9H2,1-2H3,(H2,29,39)(H2,30,31,32,40)/t10-,13-,14?,16?,17-,27-/m0/s1. The van der Waals surface area contributed by atoms with E-state index in [9.17, 15) is 39.0 Å². The van der Waals surface area contributed by atoms with E-state index in [0.717, 1.165) is 0 Å². The summed E-state index contributed by atoms with van der Waals surface area (Å²) in [6.45, 7) is 0. The van der Waals surface area contributed by atoms with Crippen LogP contribution in [0, 0.1) is 23.7 Å². The molecule has 0 radical (unpaired) electrons. The van der Waals surface area contributed by atoms with E-state index < -0.39 is 82.0 Å². The smallest absolute Gasteiger partial charge is 0.324 e. The maximum absolute atomic E-state index is 13.9. The summed E-state index contributed by atoms with van der Waals surface area (Å²) >= 11 is 6.39. The molecule has 5 rings (SSSR count). The van der Waals surface area contributed by atoms with Gasteiger partial charge in [0, 0.05) is 17.2 Å². The zero-order valence-corrected chi connectivity index (χ0v) is 22.6. The van der Waals surface area contributed by atoms with Crippen molar-refractivity contribution in [2.75, 3.05) is 24.7 Å². The van der Waals surface area contributed by atoms with Gasteiger partial charge in [0.25, 0.3) is 0 Å². The third-order valence-electron chi connectivity index (χ3n) is 8.14. The zero-order chi connectivity index (χ0) is 30.0. The van der Waals surface area contributed by atoms with Crippen molar-refractivity contribution in [1.29, 1.82) is 0 Å². The van der Waals surface area contributed by atoms with Crippen molar-refractivity contribution >= 4 is 58.2 Å². The molecule has 0 saturated heterocycles. The first-order valence-corrected chi connectivity index (χ1v) is 13.1. The molecule has 0 bridgehead atoms. The Balaban J connectivity index is 1.53. The number of likely N-dealkylation sites (N-methyl/N-ethyl adjacent to an activating group) is 1. The van der Waals surface area contributed by atoms with Crippen molar-refractivity contribution in [3.05, 3.63) is 46.6 Å². The van der Waals surface area contributed by atoms with Crippen molar-refractivity contribution in [3.63, 3.8) is 0 Å². The van der Waals surface area contributed by atoms with E-state index in [1.165, 1.54) is 19.0 Å². The number of aliphatic hydroxyl groups is 1. The van der Waals surface area contributed by atoms with Crippen LogP contribution in [-0.2, 0) is 25.6 Å². The van der Waals surface area contributed by atoms with Gasteiger partial charge in [-0.05, 0) is 45.0 Å². The van der Waals surface area contributed by atoms with Crippen molar-refractivity contribution in [1.82, 2.24) is 9.88 Å². The summed E-state index contributed by atoms with van der Waals surface area (Å²) in [7, 11) is 2.99. The van der Waals surface area contributed by atoms with Gasteiger partial charge in [-0.15, -0.1) is 0 Å². The molecule has 1 heterocycles. The van der Waals surface area contributed by atoms with E-state index in [1.54, 1.807) is 30.3 Å². The zero-order valence-electron chi connectivity index (χ0n) is 21.9. The molecule has 13 nitrogen and oxygen atoms in total. The molecule has 2 aromatic rings. The van der Waals surface area contributed by atoms with Gasteiger partial charge in [-0.25, -0.2) is 9.78 Å². The number of aromatic hydroxyl groups is 1. The first-order chi connectivity index (χ1) is 19.3. The van der Waals surface area contributed by atoms with Crippen LogP contribution in [0.25, 0.3) is 0 Å². The van der Waals surface area contributed by atoms with E-state index in [2.05, 4.69) is 15.6 Å². The van der Waals surface area contributed by atoms with Gasteiger partial charge >= 0.3 is 6.03 Å². The number of primary amides is 1. The number of rotatable bonds is 4. The Morgan fingerprint density at radius 2 is 1.76 bits per heavy atom. The van der Waals surface area contributed by atoms with Crippen LogP contribution in [0.3, 0.4) is 0 Å². The minimum atomic E-state index is -2.85. The number of anilines is 2. The fourth-order valence-electron chi connectivity index (χ4n) is 6.40. The number of carbonyl (C=O) groups excluding carboxylic acids is 6. The molecule has 3 aliphatic carbocycles. The van der Waals surface area contributed by atoms with Crippen LogP contribution >= 0.6 is 11.6 Å². The number of halogens is 1. The van der Waals surface area contributed by atoms with Crippen LogP contribution in [0.5, 0.6) is 5.75 Å². The second kappa shape index (κ2) is 10.0. The molecule has 3 aliphatic rings. The number of ketones is 4. The van der Waals surface area contributed by atoms with Crippen molar-refractivity contribution in [2.45, 2.75) is 24.5 Å². The van der Waals surface area contributed by atoms with E-state index in [4.69, 9.17) is 17.3 Å². The summed E-state index contributed by atoms with van der Waals surface area (Å²) in [5.74, 6) is -12.6. The number of nitrogens with zero attached hydrogens (tertiary/aromatic N) is 2. The first kappa shape index (κ1) is 28.3. The monoisotopic (exact) mass is 583 g/mol. The number of fused-ring (bicyclic) bond motifs is 3. The van der Waals surface area contributed by atoms with E-state index in [1.807, 2.05) is 0 Å². The molecule has 2 saturated carbocycles. The lowest BCUT2D eigenvalue weighted by molar-refractivity contribution is -0.181. The van der Waals surface area contributed by atoms with Gasteiger partial charge in [0.2, 0.25) is 5.91 Å². The number of hydrogen-bond donors (Lipinski definition) is 5. The van der Waals surface area contributed by atoms with Crippen molar-refractivity contribution in [2.24, 2.45) is 29.4 Å². The number of amides is 3. The summed E-state index contributed by atoms with van der Waals surface area (Å²) in [4.78, 5) is 84.1. The number of aromatic nitrogens is 1. The molecule has 6 N–H and O–H groups in total. The second-order valence-corrected chi connectivity index (χ2v) is 11.0. The largest absolute Gasteiger partial charge is 0.504 e. The summed E-state index contributed by atoms with van der Waals surface area (Å²) in [6.07, 6.45) is -0.178. The van der Waals surface area contributed by atoms with Crippen LogP contribution in [0.4, 0.5) is 16.3 Å². The predicted molar refractivity (Wildman–Crippen MR) is 143 cm³/mol. The van der Waals surface area contributed by atoms with Gasteiger partial charge in [0.05, 0.1) is 17.5 Å². The quantitative estimate of drug-likeness (QED) is 0.249. The molecular weight excluding hydrogens is 558 g/mol. The molecule has 1 aromatic heterocycles. The minimum Gasteiger partial charge on any atom is -0.504 e. The fraction of sp³-hybridized carbons (Fsp3) is 0.370. The maximum atomic E-state index is 13.9. The van der Waals surface area contributed by atoms with Crippen LogP contribution in [0.15, 0.2) is 30.3 Å². The van der Waals surface area contributed by atoms with Gasteiger partial charge in [0.15, 0.2) is 46.2 Å². The van der Waals surface area contributed by atoms with E-state index in [0.29, 0.717) is 5.69 Å². The molecule has 41 heavy (non-hydrogen) atoms. The Morgan fingerprint density at radius 3 is 2.37 bits per heavy atom. The van der Waals surface area contributed by atoms with Crippen LogP contribution in [0.2, 0.25) is 5.15 Å². The molecule has 2 fully saturated rings. The summed E-state index contributed by atoms with van der Waals surface area (Å²) in [6, 6.07) is 6.35. The van der Waals surface area contributed by atoms with Gasteiger partial charge in [0.1, 0.15) is 5.15 Å². The highest BCUT2D eigenvalue weighted by molar-refractivity contribution is 6.34. The maximum Gasteiger partial charge on any atom is 0.324 e. The highest BCUT2D eigenvalue weighted by atomic mass is 35.5.